The van der Waals surface area contributed by atoms with E-state index < -0.39 is 41.6 Å². The quantitative estimate of drug-likeness (QED) is 0.839. The zero-order chi connectivity index (χ0) is 14.5. The molecule has 0 spiro atoms. The molecule has 0 aromatic heterocycles. The standard InChI is InChI=1S/C13H12F4O2/c1-11(14)6-12(7-11,10(18)19)8-4-2-3-5-9(8)13(15,16)17/h2-5H,6-7H2,1H3,(H,18,19). The van der Waals surface area contributed by atoms with E-state index in [-0.39, 0.29) is 5.56 Å². The molecule has 6 heteroatoms. The minimum atomic E-state index is -4.65. The topological polar surface area (TPSA) is 37.3 Å². The van der Waals surface area contributed by atoms with Crippen LogP contribution < -0.4 is 0 Å². The van der Waals surface area contributed by atoms with Gasteiger partial charge in [-0.05, 0) is 18.6 Å². The molecule has 19 heavy (non-hydrogen) atoms. The van der Waals surface area contributed by atoms with Gasteiger partial charge in [0.1, 0.15) is 5.67 Å². The highest BCUT2D eigenvalue weighted by atomic mass is 19.4. The number of benzene rings is 1. The summed E-state index contributed by atoms with van der Waals surface area (Å²) in [4.78, 5) is 11.3. The average molecular weight is 276 g/mol. The molecule has 1 aromatic carbocycles. The SMILES string of the molecule is CC1(F)CC(C(=O)O)(c2ccccc2C(F)(F)F)C1. The molecule has 2 rings (SSSR count). The van der Waals surface area contributed by atoms with E-state index in [0.717, 1.165) is 12.1 Å². The third-order valence-corrected chi connectivity index (χ3v) is 3.50. The fourth-order valence-corrected chi connectivity index (χ4v) is 2.81. The molecule has 1 aliphatic rings. The average Bonchev–Trinajstić information content (AvgIpc) is 2.23. The summed E-state index contributed by atoms with van der Waals surface area (Å²) < 4.78 is 52.4. The van der Waals surface area contributed by atoms with Gasteiger partial charge in [-0.25, -0.2) is 4.39 Å². The van der Waals surface area contributed by atoms with Crippen molar-refractivity contribution in [1.29, 1.82) is 0 Å². The first-order valence-corrected chi connectivity index (χ1v) is 5.68. The first-order valence-electron chi connectivity index (χ1n) is 5.68. The Morgan fingerprint density at radius 1 is 1.26 bits per heavy atom. The normalized spacial score (nSPS) is 30.8. The fraction of sp³-hybridized carbons (Fsp3) is 0.462. The van der Waals surface area contributed by atoms with Gasteiger partial charge in [0.05, 0.1) is 11.0 Å². The van der Waals surface area contributed by atoms with Crippen LogP contribution >= 0.6 is 0 Å². The van der Waals surface area contributed by atoms with Crippen LogP contribution in [-0.4, -0.2) is 16.7 Å². The number of halogens is 4. The van der Waals surface area contributed by atoms with E-state index in [9.17, 15) is 27.5 Å². The first kappa shape index (κ1) is 13.8. The van der Waals surface area contributed by atoms with Crippen LogP contribution in [0.1, 0.15) is 30.9 Å². The lowest BCUT2D eigenvalue weighted by molar-refractivity contribution is -0.157. The molecule has 0 radical (unpaired) electrons. The zero-order valence-electron chi connectivity index (χ0n) is 10.1. The zero-order valence-corrected chi connectivity index (χ0v) is 10.1. The van der Waals surface area contributed by atoms with Crippen LogP contribution in [-0.2, 0) is 16.4 Å². The summed E-state index contributed by atoms with van der Waals surface area (Å²) in [6, 6.07) is 4.47. The number of hydrogen-bond acceptors (Lipinski definition) is 1. The molecular weight excluding hydrogens is 264 g/mol. The monoisotopic (exact) mass is 276 g/mol. The van der Waals surface area contributed by atoms with Crippen LogP contribution in [0.2, 0.25) is 0 Å². The Hall–Kier alpha value is -1.59. The summed E-state index contributed by atoms with van der Waals surface area (Å²) in [6.45, 7) is 1.20. The Kier molecular flexibility index (Phi) is 2.88. The Labute approximate surface area is 107 Å². The number of hydrogen-bond donors (Lipinski definition) is 1. The molecule has 1 saturated carbocycles. The maximum Gasteiger partial charge on any atom is 0.416 e. The van der Waals surface area contributed by atoms with Crippen molar-refractivity contribution >= 4 is 5.97 Å². The Morgan fingerprint density at radius 2 is 1.79 bits per heavy atom. The van der Waals surface area contributed by atoms with Crippen LogP contribution in [0.3, 0.4) is 0 Å². The lowest BCUT2D eigenvalue weighted by Gasteiger charge is -2.48. The second-order valence-corrected chi connectivity index (χ2v) is 5.20. The lowest BCUT2D eigenvalue weighted by atomic mass is 9.56. The summed E-state index contributed by atoms with van der Waals surface area (Å²) in [7, 11) is 0. The molecule has 0 aliphatic heterocycles. The summed E-state index contributed by atoms with van der Waals surface area (Å²) in [5, 5.41) is 9.23. The second kappa shape index (κ2) is 3.95. The highest BCUT2D eigenvalue weighted by Gasteiger charge is 2.60. The number of alkyl halides is 4. The largest absolute Gasteiger partial charge is 0.481 e. The van der Waals surface area contributed by atoms with Gasteiger partial charge >= 0.3 is 12.1 Å². The Bertz CT molecular complexity index is 512. The van der Waals surface area contributed by atoms with Crippen molar-refractivity contribution in [2.75, 3.05) is 0 Å². The summed E-state index contributed by atoms with van der Waals surface area (Å²) in [6.07, 6.45) is -5.54. The molecule has 0 amide bonds. The predicted octanol–water partition coefficient (Wildman–Crippen LogP) is 3.55. The number of aliphatic carboxylic acids is 1. The molecule has 0 unspecified atom stereocenters. The smallest absolute Gasteiger partial charge is 0.416 e. The maximum atomic E-state index is 13.6. The molecule has 104 valence electrons. The van der Waals surface area contributed by atoms with E-state index in [1.54, 1.807) is 0 Å². The maximum absolute atomic E-state index is 13.6. The molecule has 0 bridgehead atoms. The van der Waals surface area contributed by atoms with Gasteiger partial charge in [-0.15, -0.1) is 0 Å². The molecule has 2 nitrogen and oxygen atoms in total. The van der Waals surface area contributed by atoms with Crippen LogP contribution in [0.5, 0.6) is 0 Å². The number of carbonyl (C=O) groups is 1. The van der Waals surface area contributed by atoms with Crippen LogP contribution in [0.25, 0.3) is 0 Å². The van der Waals surface area contributed by atoms with E-state index in [4.69, 9.17) is 0 Å². The van der Waals surface area contributed by atoms with E-state index in [2.05, 4.69) is 0 Å². The van der Waals surface area contributed by atoms with Gasteiger partial charge in [0.2, 0.25) is 0 Å². The van der Waals surface area contributed by atoms with Crippen LogP contribution in [0.15, 0.2) is 24.3 Å². The summed E-state index contributed by atoms with van der Waals surface area (Å²) >= 11 is 0. The molecule has 1 aliphatic carbocycles. The van der Waals surface area contributed by atoms with Crippen LogP contribution in [0.4, 0.5) is 17.6 Å². The van der Waals surface area contributed by atoms with Gasteiger partial charge < -0.3 is 5.11 Å². The molecule has 1 aromatic rings. The summed E-state index contributed by atoms with van der Waals surface area (Å²) in [5.74, 6) is -1.42. The van der Waals surface area contributed by atoms with Crippen molar-refractivity contribution in [2.45, 2.75) is 37.0 Å². The van der Waals surface area contributed by atoms with Gasteiger partial charge in [-0.3, -0.25) is 4.79 Å². The van der Waals surface area contributed by atoms with Gasteiger partial charge in [-0.2, -0.15) is 13.2 Å². The summed E-state index contributed by atoms with van der Waals surface area (Å²) in [5.41, 5.74) is -4.88. The molecule has 0 atom stereocenters. The van der Waals surface area contributed by atoms with Crippen molar-refractivity contribution in [2.24, 2.45) is 0 Å². The van der Waals surface area contributed by atoms with Crippen molar-refractivity contribution in [3.63, 3.8) is 0 Å². The van der Waals surface area contributed by atoms with Crippen molar-refractivity contribution in [3.8, 4) is 0 Å². The van der Waals surface area contributed by atoms with E-state index in [1.165, 1.54) is 19.1 Å². The number of carboxylic acids is 1. The van der Waals surface area contributed by atoms with Crippen LogP contribution in [0, 0.1) is 0 Å². The predicted molar refractivity (Wildman–Crippen MR) is 59.5 cm³/mol. The number of carboxylic acid groups (broad SMARTS) is 1. The van der Waals surface area contributed by atoms with E-state index in [0.29, 0.717) is 0 Å². The molecule has 1 N–H and O–H groups in total. The second-order valence-electron chi connectivity index (χ2n) is 5.20. The molecule has 1 fully saturated rings. The van der Waals surface area contributed by atoms with Gasteiger partial charge in [0, 0.05) is 12.8 Å². The Balaban J connectivity index is 2.55. The van der Waals surface area contributed by atoms with E-state index in [1.807, 2.05) is 0 Å². The first-order chi connectivity index (χ1) is 8.58. The molecule has 0 saturated heterocycles. The Morgan fingerprint density at radius 3 is 2.21 bits per heavy atom. The lowest BCUT2D eigenvalue weighted by Crippen LogP contribution is -2.55. The van der Waals surface area contributed by atoms with Crippen molar-refractivity contribution in [1.82, 2.24) is 0 Å². The third-order valence-electron chi connectivity index (χ3n) is 3.50. The third kappa shape index (κ3) is 2.19. The van der Waals surface area contributed by atoms with E-state index >= 15 is 0 Å². The molecule has 0 heterocycles. The highest BCUT2D eigenvalue weighted by Crippen LogP contribution is 2.54. The van der Waals surface area contributed by atoms with Crippen molar-refractivity contribution in [3.05, 3.63) is 35.4 Å². The number of rotatable bonds is 2. The van der Waals surface area contributed by atoms with Crippen molar-refractivity contribution < 1.29 is 27.5 Å². The minimum Gasteiger partial charge on any atom is -0.481 e. The van der Waals surface area contributed by atoms with Gasteiger partial charge in [-0.1, -0.05) is 18.2 Å². The highest BCUT2D eigenvalue weighted by molar-refractivity contribution is 5.84. The minimum absolute atomic E-state index is 0.356. The van der Waals surface area contributed by atoms with Gasteiger partial charge in [0.25, 0.3) is 0 Å². The van der Waals surface area contributed by atoms with Gasteiger partial charge in [0.15, 0.2) is 0 Å². The molecular formula is C13H12F4O2. The fourth-order valence-electron chi connectivity index (χ4n) is 2.81.